The Bertz CT molecular complexity index is 228. The van der Waals surface area contributed by atoms with Crippen LogP contribution in [0, 0.1) is 5.92 Å². The number of piperazine rings is 1. The number of nitrogens with one attached hydrogen (secondary N) is 1. The lowest BCUT2D eigenvalue weighted by Crippen LogP contribution is -2.56. The average Bonchev–Trinajstić information content (AvgIpc) is 2.28. The zero-order valence-corrected chi connectivity index (χ0v) is 12.2. The van der Waals surface area contributed by atoms with Crippen LogP contribution in [0.3, 0.4) is 0 Å². The highest BCUT2D eigenvalue weighted by molar-refractivity contribution is 6.25. The van der Waals surface area contributed by atoms with E-state index in [0.717, 1.165) is 25.6 Å². The molecule has 0 saturated carbocycles. The molecule has 1 aliphatic rings. The molecule has 0 aliphatic carbocycles. The molecule has 2 atom stereocenters. The summed E-state index contributed by atoms with van der Waals surface area (Å²) < 4.78 is 0. The minimum atomic E-state index is 0.645. The van der Waals surface area contributed by atoms with E-state index in [2.05, 4.69) is 37.1 Å². The van der Waals surface area contributed by atoms with Gasteiger partial charge in [-0.1, -0.05) is 44.9 Å². The van der Waals surface area contributed by atoms with E-state index in [9.17, 15) is 0 Å². The zero-order chi connectivity index (χ0) is 12.7. The Kier molecular flexibility index (Phi) is 7.17. The van der Waals surface area contributed by atoms with Crippen molar-refractivity contribution in [3.05, 3.63) is 11.6 Å². The molecule has 0 amide bonds. The van der Waals surface area contributed by atoms with Gasteiger partial charge in [0.05, 0.1) is 0 Å². The lowest BCUT2D eigenvalue weighted by atomic mass is 9.98. The average molecular weight is 259 g/mol. The van der Waals surface area contributed by atoms with Gasteiger partial charge in [0.2, 0.25) is 0 Å². The van der Waals surface area contributed by atoms with Crippen LogP contribution < -0.4 is 5.32 Å². The lowest BCUT2D eigenvalue weighted by molar-refractivity contribution is 0.128. The van der Waals surface area contributed by atoms with Crippen molar-refractivity contribution in [2.24, 2.45) is 5.92 Å². The highest BCUT2D eigenvalue weighted by Gasteiger charge is 2.26. The van der Waals surface area contributed by atoms with Gasteiger partial charge in [0.1, 0.15) is 0 Å². The van der Waals surface area contributed by atoms with Crippen molar-refractivity contribution in [1.82, 2.24) is 10.2 Å². The van der Waals surface area contributed by atoms with E-state index >= 15 is 0 Å². The molecule has 1 rings (SSSR count). The molecule has 2 unspecified atom stereocenters. The first-order valence-corrected chi connectivity index (χ1v) is 7.33. The summed E-state index contributed by atoms with van der Waals surface area (Å²) in [5, 5.41) is 3.69. The van der Waals surface area contributed by atoms with Crippen molar-refractivity contribution in [2.75, 3.05) is 19.6 Å². The number of hydrogen-bond donors (Lipinski definition) is 1. The van der Waals surface area contributed by atoms with Crippen LogP contribution in [0.4, 0.5) is 0 Å². The molecular formula is C14H27ClN2. The molecular weight excluding hydrogens is 232 g/mol. The highest BCUT2D eigenvalue weighted by Crippen LogP contribution is 2.16. The maximum atomic E-state index is 5.64. The second kappa shape index (κ2) is 8.12. The van der Waals surface area contributed by atoms with Crippen LogP contribution in [0.5, 0.6) is 0 Å². The highest BCUT2D eigenvalue weighted by atomic mass is 35.5. The molecule has 0 bridgehead atoms. The molecule has 1 fully saturated rings. The third-order valence-electron chi connectivity index (χ3n) is 3.42. The first kappa shape index (κ1) is 15.0. The van der Waals surface area contributed by atoms with Crippen LogP contribution >= 0.6 is 11.6 Å². The van der Waals surface area contributed by atoms with E-state index < -0.39 is 0 Å². The van der Waals surface area contributed by atoms with Gasteiger partial charge in [0, 0.05) is 37.3 Å². The van der Waals surface area contributed by atoms with E-state index in [1.165, 1.54) is 19.3 Å². The molecule has 1 N–H and O–H groups in total. The van der Waals surface area contributed by atoms with Crippen LogP contribution in [0.25, 0.3) is 0 Å². The quantitative estimate of drug-likeness (QED) is 0.787. The van der Waals surface area contributed by atoms with Gasteiger partial charge in [-0.25, -0.2) is 0 Å². The van der Waals surface area contributed by atoms with Crippen molar-refractivity contribution in [3.8, 4) is 0 Å². The van der Waals surface area contributed by atoms with Crippen LogP contribution in [0.15, 0.2) is 11.6 Å². The third-order valence-corrected chi connectivity index (χ3v) is 3.60. The summed E-state index contributed by atoms with van der Waals surface area (Å²) in [6, 6.07) is 1.32. The third kappa shape index (κ3) is 5.41. The van der Waals surface area contributed by atoms with Gasteiger partial charge in [0.25, 0.3) is 0 Å². The van der Waals surface area contributed by atoms with Crippen LogP contribution in [-0.2, 0) is 0 Å². The predicted octanol–water partition coefficient (Wildman–Crippen LogP) is 3.23. The van der Waals surface area contributed by atoms with Gasteiger partial charge in [-0.05, 0) is 18.8 Å². The fourth-order valence-corrected chi connectivity index (χ4v) is 2.75. The number of rotatable bonds is 6. The van der Waals surface area contributed by atoms with Gasteiger partial charge in [-0.3, -0.25) is 4.90 Å². The molecule has 17 heavy (non-hydrogen) atoms. The largest absolute Gasteiger partial charge is 0.311 e. The molecule has 0 spiro atoms. The SMILES string of the molecule is CCCC1CNC(CC(C)C)CN1C/C=C/Cl. The second-order valence-electron chi connectivity index (χ2n) is 5.49. The van der Waals surface area contributed by atoms with E-state index in [0.29, 0.717) is 12.1 Å². The van der Waals surface area contributed by atoms with Gasteiger partial charge >= 0.3 is 0 Å². The van der Waals surface area contributed by atoms with Crippen molar-refractivity contribution in [2.45, 2.75) is 52.1 Å². The Balaban J connectivity index is 2.49. The smallest absolute Gasteiger partial charge is 0.0224 e. The molecule has 0 radical (unpaired) electrons. The Morgan fingerprint density at radius 3 is 2.82 bits per heavy atom. The number of nitrogens with zero attached hydrogens (tertiary/aromatic N) is 1. The topological polar surface area (TPSA) is 15.3 Å². The number of halogens is 1. The molecule has 0 aromatic rings. The molecule has 0 aromatic heterocycles. The Morgan fingerprint density at radius 1 is 1.47 bits per heavy atom. The standard InChI is InChI=1S/C14H27ClN2/c1-4-6-14-10-16-13(9-12(2)3)11-17(14)8-5-7-15/h5,7,12-14,16H,4,6,8-11H2,1-3H3/b7-5+. The van der Waals surface area contributed by atoms with Crippen molar-refractivity contribution < 1.29 is 0 Å². The Labute approximate surface area is 111 Å². The van der Waals surface area contributed by atoms with Gasteiger partial charge < -0.3 is 5.32 Å². The number of hydrogen-bond acceptors (Lipinski definition) is 2. The van der Waals surface area contributed by atoms with Crippen molar-refractivity contribution >= 4 is 11.6 Å². The lowest BCUT2D eigenvalue weighted by Gasteiger charge is -2.40. The molecule has 100 valence electrons. The maximum Gasteiger partial charge on any atom is 0.0224 e. The minimum absolute atomic E-state index is 0.645. The first-order chi connectivity index (χ1) is 8.17. The summed E-state index contributed by atoms with van der Waals surface area (Å²) in [5.74, 6) is 0.764. The fraction of sp³-hybridized carbons (Fsp3) is 0.857. The summed E-state index contributed by atoms with van der Waals surface area (Å²) >= 11 is 5.64. The van der Waals surface area contributed by atoms with E-state index in [1.54, 1.807) is 5.54 Å². The molecule has 2 nitrogen and oxygen atoms in total. The van der Waals surface area contributed by atoms with Crippen LogP contribution in [0.1, 0.15) is 40.0 Å². The minimum Gasteiger partial charge on any atom is -0.311 e. The summed E-state index contributed by atoms with van der Waals surface area (Å²) in [6.07, 6.45) is 5.85. The van der Waals surface area contributed by atoms with Gasteiger partial charge in [-0.15, -0.1) is 0 Å². The second-order valence-corrected chi connectivity index (χ2v) is 5.74. The maximum absolute atomic E-state index is 5.64. The van der Waals surface area contributed by atoms with E-state index in [1.807, 2.05) is 0 Å². The molecule has 3 heteroatoms. The van der Waals surface area contributed by atoms with E-state index in [4.69, 9.17) is 11.6 Å². The van der Waals surface area contributed by atoms with Gasteiger partial charge in [-0.2, -0.15) is 0 Å². The normalized spacial score (nSPS) is 27.1. The molecule has 1 saturated heterocycles. The zero-order valence-electron chi connectivity index (χ0n) is 11.5. The van der Waals surface area contributed by atoms with Crippen molar-refractivity contribution in [1.29, 1.82) is 0 Å². The van der Waals surface area contributed by atoms with Crippen LogP contribution in [0.2, 0.25) is 0 Å². The van der Waals surface area contributed by atoms with Crippen LogP contribution in [-0.4, -0.2) is 36.6 Å². The van der Waals surface area contributed by atoms with E-state index in [-0.39, 0.29) is 0 Å². The summed E-state index contributed by atoms with van der Waals surface area (Å²) in [4.78, 5) is 2.58. The molecule has 1 heterocycles. The molecule has 0 aromatic carbocycles. The Hall–Kier alpha value is -0.0500. The summed E-state index contributed by atoms with van der Waals surface area (Å²) in [7, 11) is 0. The monoisotopic (exact) mass is 258 g/mol. The summed E-state index contributed by atoms with van der Waals surface area (Å²) in [5.41, 5.74) is 1.64. The fourth-order valence-electron chi connectivity index (χ4n) is 2.67. The molecule has 1 aliphatic heterocycles. The van der Waals surface area contributed by atoms with Crippen molar-refractivity contribution in [3.63, 3.8) is 0 Å². The van der Waals surface area contributed by atoms with Gasteiger partial charge in [0.15, 0.2) is 0 Å². The first-order valence-electron chi connectivity index (χ1n) is 6.90. The Morgan fingerprint density at radius 2 is 2.24 bits per heavy atom. The summed E-state index contributed by atoms with van der Waals surface area (Å²) in [6.45, 7) is 10.1. The predicted molar refractivity (Wildman–Crippen MR) is 76.5 cm³/mol.